The molecule has 1 aromatic carbocycles. The molecule has 0 saturated heterocycles. The van der Waals surface area contributed by atoms with Crippen LogP contribution in [0.1, 0.15) is 29.3 Å². The van der Waals surface area contributed by atoms with E-state index in [0.29, 0.717) is 21.4 Å². The number of carbonyl (C=O) groups excluding carboxylic acids is 1. The van der Waals surface area contributed by atoms with E-state index in [2.05, 4.69) is 20.4 Å². The molecular weight excluding hydrogens is 423 g/mol. The van der Waals surface area contributed by atoms with Crippen molar-refractivity contribution in [2.75, 3.05) is 0 Å². The molecular formula is C18H12ClFN4O2S2. The first-order valence-electron chi connectivity index (χ1n) is 8.11. The number of nitrogens with one attached hydrogen (secondary N) is 1. The Labute approximate surface area is 172 Å². The van der Waals surface area contributed by atoms with Crippen molar-refractivity contribution in [3.8, 4) is 21.3 Å². The number of rotatable bonds is 5. The van der Waals surface area contributed by atoms with Crippen LogP contribution in [0.2, 0.25) is 4.34 Å². The summed E-state index contributed by atoms with van der Waals surface area (Å²) in [6.07, 6.45) is 0. The highest BCUT2D eigenvalue weighted by atomic mass is 35.5. The predicted molar refractivity (Wildman–Crippen MR) is 106 cm³/mol. The lowest BCUT2D eigenvalue weighted by atomic mass is 10.2. The Hall–Kier alpha value is -2.62. The van der Waals surface area contributed by atoms with Crippen LogP contribution in [0.5, 0.6) is 0 Å². The van der Waals surface area contributed by atoms with E-state index in [-0.39, 0.29) is 17.6 Å². The maximum absolute atomic E-state index is 13.0. The smallest absolute Gasteiger partial charge is 0.271 e. The van der Waals surface area contributed by atoms with Crippen molar-refractivity contribution in [3.05, 3.63) is 63.5 Å². The molecule has 4 aromatic rings. The number of thiophene rings is 1. The Morgan fingerprint density at radius 2 is 2.00 bits per heavy atom. The van der Waals surface area contributed by atoms with Crippen LogP contribution in [0.3, 0.4) is 0 Å². The lowest BCUT2D eigenvalue weighted by Gasteiger charge is -2.07. The molecule has 0 bridgehead atoms. The summed E-state index contributed by atoms with van der Waals surface area (Å²) in [4.78, 5) is 22.0. The lowest BCUT2D eigenvalue weighted by molar-refractivity contribution is 0.0928. The molecule has 0 aliphatic heterocycles. The molecule has 1 N–H and O–H groups in total. The summed E-state index contributed by atoms with van der Waals surface area (Å²) < 4.78 is 18.9. The van der Waals surface area contributed by atoms with Gasteiger partial charge < -0.3 is 9.84 Å². The van der Waals surface area contributed by atoms with Crippen LogP contribution in [-0.4, -0.2) is 21.0 Å². The molecule has 28 heavy (non-hydrogen) atoms. The molecule has 3 heterocycles. The minimum absolute atomic E-state index is 0.244. The highest BCUT2D eigenvalue weighted by molar-refractivity contribution is 7.23. The number of halogens is 2. The Morgan fingerprint density at radius 1 is 1.21 bits per heavy atom. The molecule has 0 radical (unpaired) electrons. The van der Waals surface area contributed by atoms with E-state index in [1.54, 1.807) is 30.5 Å². The fraction of sp³-hybridized carbons (Fsp3) is 0.111. The molecule has 1 amide bonds. The number of hydrogen-bond acceptors (Lipinski definition) is 7. The fourth-order valence-corrected chi connectivity index (χ4v) is 4.30. The van der Waals surface area contributed by atoms with Crippen LogP contribution in [0, 0.1) is 5.82 Å². The minimum Gasteiger partial charge on any atom is -0.339 e. The molecule has 3 aromatic heterocycles. The third kappa shape index (κ3) is 3.96. The van der Waals surface area contributed by atoms with Crippen molar-refractivity contribution < 1.29 is 13.7 Å². The second kappa shape index (κ2) is 7.78. The SMILES string of the molecule is CC(NC(=O)c1csc(-c2ccc(Cl)s2)n1)c1nc(-c2ccc(F)cc2)no1. The first-order chi connectivity index (χ1) is 13.5. The first-order valence-corrected chi connectivity index (χ1v) is 10.2. The second-order valence-electron chi connectivity index (χ2n) is 5.80. The maximum Gasteiger partial charge on any atom is 0.271 e. The van der Waals surface area contributed by atoms with Crippen molar-refractivity contribution in [1.82, 2.24) is 20.4 Å². The minimum atomic E-state index is -0.518. The van der Waals surface area contributed by atoms with Gasteiger partial charge in [-0.2, -0.15) is 4.98 Å². The monoisotopic (exact) mass is 434 g/mol. The zero-order valence-corrected chi connectivity index (χ0v) is 16.7. The first kappa shape index (κ1) is 18.7. The molecule has 10 heteroatoms. The molecule has 0 spiro atoms. The van der Waals surface area contributed by atoms with Gasteiger partial charge in [-0.1, -0.05) is 16.8 Å². The zero-order valence-electron chi connectivity index (χ0n) is 14.3. The largest absolute Gasteiger partial charge is 0.339 e. The van der Waals surface area contributed by atoms with Crippen molar-refractivity contribution in [2.24, 2.45) is 0 Å². The van der Waals surface area contributed by atoms with Crippen LogP contribution < -0.4 is 5.32 Å². The highest BCUT2D eigenvalue weighted by Crippen LogP contribution is 2.33. The van der Waals surface area contributed by atoms with Crippen molar-refractivity contribution in [2.45, 2.75) is 13.0 Å². The highest BCUT2D eigenvalue weighted by Gasteiger charge is 2.20. The van der Waals surface area contributed by atoms with E-state index in [9.17, 15) is 9.18 Å². The Bertz CT molecular complexity index is 1120. The van der Waals surface area contributed by atoms with Gasteiger partial charge in [0, 0.05) is 10.9 Å². The topological polar surface area (TPSA) is 80.9 Å². The van der Waals surface area contributed by atoms with Crippen molar-refractivity contribution in [1.29, 1.82) is 0 Å². The number of carbonyl (C=O) groups is 1. The summed E-state index contributed by atoms with van der Waals surface area (Å²) in [7, 11) is 0. The van der Waals surface area contributed by atoms with E-state index in [1.165, 1.54) is 34.8 Å². The summed E-state index contributed by atoms with van der Waals surface area (Å²) in [6.45, 7) is 1.73. The number of benzene rings is 1. The summed E-state index contributed by atoms with van der Waals surface area (Å²) in [5, 5.41) is 9.07. The molecule has 0 fully saturated rings. The van der Waals surface area contributed by atoms with Gasteiger partial charge in [-0.25, -0.2) is 9.37 Å². The molecule has 0 saturated carbocycles. The average molecular weight is 435 g/mol. The summed E-state index contributed by atoms with van der Waals surface area (Å²) in [5.74, 6) is -0.130. The number of amides is 1. The van der Waals surface area contributed by atoms with Crippen LogP contribution >= 0.6 is 34.3 Å². The van der Waals surface area contributed by atoms with E-state index in [4.69, 9.17) is 16.1 Å². The van der Waals surface area contributed by atoms with Crippen molar-refractivity contribution in [3.63, 3.8) is 0 Å². The zero-order chi connectivity index (χ0) is 19.7. The van der Waals surface area contributed by atoms with Gasteiger partial charge in [0.15, 0.2) is 0 Å². The van der Waals surface area contributed by atoms with Gasteiger partial charge in [-0.05, 0) is 43.3 Å². The summed E-state index contributed by atoms with van der Waals surface area (Å²) in [5.41, 5.74) is 0.920. The van der Waals surface area contributed by atoms with Gasteiger partial charge in [-0.3, -0.25) is 4.79 Å². The summed E-state index contributed by atoms with van der Waals surface area (Å²) >= 11 is 8.72. The normalized spacial score (nSPS) is 12.1. The number of thiazole rings is 1. The van der Waals surface area contributed by atoms with Gasteiger partial charge in [0.2, 0.25) is 11.7 Å². The quantitative estimate of drug-likeness (QED) is 0.466. The number of nitrogens with zero attached hydrogens (tertiary/aromatic N) is 3. The summed E-state index contributed by atoms with van der Waals surface area (Å²) in [6, 6.07) is 8.89. The van der Waals surface area contributed by atoms with E-state index in [0.717, 1.165) is 9.88 Å². The number of aromatic nitrogens is 3. The van der Waals surface area contributed by atoms with Crippen molar-refractivity contribution >= 4 is 40.2 Å². The molecule has 6 nitrogen and oxygen atoms in total. The van der Waals surface area contributed by atoms with Gasteiger partial charge in [0.25, 0.3) is 5.91 Å². The van der Waals surface area contributed by atoms with E-state index >= 15 is 0 Å². The molecule has 1 unspecified atom stereocenters. The molecule has 142 valence electrons. The molecule has 4 rings (SSSR count). The third-order valence-electron chi connectivity index (χ3n) is 3.78. The average Bonchev–Trinajstić information content (AvgIpc) is 3.42. The van der Waals surface area contributed by atoms with E-state index in [1.807, 2.05) is 6.07 Å². The van der Waals surface area contributed by atoms with Gasteiger partial charge in [-0.15, -0.1) is 22.7 Å². The van der Waals surface area contributed by atoms with Gasteiger partial charge in [0.05, 0.1) is 9.21 Å². The molecule has 1 atom stereocenters. The number of hydrogen-bond donors (Lipinski definition) is 1. The predicted octanol–water partition coefficient (Wildman–Crippen LogP) is 5.21. The third-order valence-corrected chi connectivity index (χ3v) is 6.03. The standard InChI is InChI=1S/C18H12ClFN4O2S2/c1-9(17-23-15(24-26-17)10-2-4-11(20)5-3-10)21-16(25)12-8-27-18(22-12)13-6-7-14(19)28-13/h2-9H,1H3,(H,21,25). The molecule has 0 aliphatic carbocycles. The van der Waals surface area contributed by atoms with Crippen LogP contribution in [0.15, 0.2) is 46.3 Å². The fourth-order valence-electron chi connectivity index (χ4n) is 2.38. The lowest BCUT2D eigenvalue weighted by Crippen LogP contribution is -2.27. The molecule has 0 aliphatic rings. The maximum atomic E-state index is 13.0. The van der Waals surface area contributed by atoms with E-state index < -0.39 is 6.04 Å². The van der Waals surface area contributed by atoms with Crippen LogP contribution in [0.4, 0.5) is 4.39 Å². The second-order valence-corrected chi connectivity index (χ2v) is 8.37. The Morgan fingerprint density at radius 3 is 2.71 bits per heavy atom. The Kier molecular flexibility index (Phi) is 5.21. The van der Waals surface area contributed by atoms with Crippen LogP contribution in [-0.2, 0) is 0 Å². The van der Waals surface area contributed by atoms with Gasteiger partial charge >= 0.3 is 0 Å². The van der Waals surface area contributed by atoms with Gasteiger partial charge in [0.1, 0.15) is 22.6 Å². The van der Waals surface area contributed by atoms with Crippen LogP contribution in [0.25, 0.3) is 21.3 Å². The Balaban J connectivity index is 1.45.